The first-order chi connectivity index (χ1) is 39.0. The molecule has 0 spiro atoms. The molecule has 440 valence electrons. The summed E-state index contributed by atoms with van der Waals surface area (Å²) in [7, 11) is 8.76. The predicted octanol–water partition coefficient (Wildman–Crippen LogP) is 2.47. The minimum absolute atomic E-state index is 0. The molecule has 7 aromatic rings. The first-order valence-electron chi connectivity index (χ1n) is 23.1. The molecular weight excluding hydrogens is 1070 g/mol. The number of ether oxygens (including phenoxy) is 7. The zero-order chi connectivity index (χ0) is 61.7. The molecule has 0 atom stereocenters. The highest BCUT2D eigenvalue weighted by Crippen LogP contribution is 2.30. The van der Waals surface area contributed by atoms with Crippen molar-refractivity contribution in [1.82, 2.24) is 0 Å². The molecule has 0 heterocycles. The van der Waals surface area contributed by atoms with E-state index >= 15 is 0 Å². The van der Waals surface area contributed by atoms with Gasteiger partial charge in [-0.15, -0.1) is 6.42 Å². The molecule has 0 saturated carbocycles. The topological polar surface area (TPSA) is 346 Å². The van der Waals surface area contributed by atoms with Crippen molar-refractivity contribution < 1.29 is 111 Å². The van der Waals surface area contributed by atoms with E-state index in [0.29, 0.717) is 34.5 Å². The summed E-state index contributed by atoms with van der Waals surface area (Å²) in [4.78, 5) is 72.4. The Balaban J connectivity index is -0.000000221. The van der Waals surface area contributed by atoms with Crippen LogP contribution in [-0.2, 0) is 0 Å². The fourth-order valence-corrected chi connectivity index (χ4v) is 5.76. The highest BCUT2D eigenvalue weighted by Gasteiger charge is 2.09. The van der Waals surface area contributed by atoms with Crippen LogP contribution in [0.15, 0.2) is 158 Å². The molecule has 21 nitrogen and oxygen atoms in total. The molecule has 0 aliphatic heterocycles. The summed E-state index contributed by atoms with van der Waals surface area (Å²) in [5, 5.41) is 72.4. The third-order valence-corrected chi connectivity index (χ3v) is 9.77. The summed E-state index contributed by atoms with van der Waals surface area (Å²) in [6.07, 6.45) is 7.12. The highest BCUT2D eigenvalue weighted by molar-refractivity contribution is 5.91. The molecule has 0 aliphatic carbocycles. The zero-order valence-electron chi connectivity index (χ0n) is 45.2. The third-order valence-electron chi connectivity index (χ3n) is 9.77. The molecule has 0 bridgehead atoms. The number of aryl methyl sites for hydroxylation is 2. The summed E-state index contributed by atoms with van der Waals surface area (Å²) in [5.74, 6) is -0.985. The number of benzene rings is 7. The van der Waals surface area contributed by atoms with E-state index in [4.69, 9.17) is 39.6 Å². The van der Waals surface area contributed by atoms with Crippen molar-refractivity contribution in [3.63, 3.8) is 0 Å². The van der Waals surface area contributed by atoms with E-state index in [1.165, 1.54) is 140 Å². The monoisotopic (exact) mass is 1130 g/mol. The third kappa shape index (κ3) is 25.6. The summed E-state index contributed by atoms with van der Waals surface area (Å²) < 4.78 is 34.2. The average molecular weight is 1130 g/mol. The first-order valence-corrected chi connectivity index (χ1v) is 23.1. The van der Waals surface area contributed by atoms with Gasteiger partial charge in [-0.1, -0.05) is 66.2 Å². The molecule has 0 aliphatic rings. The van der Waals surface area contributed by atoms with E-state index in [9.17, 15) is 69.3 Å². The van der Waals surface area contributed by atoms with Gasteiger partial charge >= 0.3 is 0 Å². The number of carboxylic acid groups (broad SMARTS) is 7. The van der Waals surface area contributed by atoms with Gasteiger partial charge in [-0.25, -0.2) is 0 Å². The minimum Gasteiger partial charge on any atom is -0.545 e. The van der Waals surface area contributed by atoms with E-state index in [1.807, 2.05) is 6.92 Å². The smallest absolute Gasteiger partial charge is 0.169 e. The number of hydrogen-bond acceptors (Lipinski definition) is 21. The summed E-state index contributed by atoms with van der Waals surface area (Å²) in [5.41, 5.74) is 2.78. The van der Waals surface area contributed by atoms with Crippen LogP contribution < -0.4 is 68.9 Å². The number of carbonyl (C=O) groups is 7. The van der Waals surface area contributed by atoms with Gasteiger partial charge in [0.15, 0.2) is 23.0 Å². The van der Waals surface area contributed by atoms with Crippen molar-refractivity contribution in [2.45, 2.75) is 13.8 Å². The molecular formula is C61H63O21-7. The number of terminal acetylenes is 1. The number of methoxy groups -OCH3 is 6. The van der Waals surface area contributed by atoms with Crippen LogP contribution in [0.3, 0.4) is 0 Å². The second-order valence-electron chi connectivity index (χ2n) is 15.3. The maximum atomic E-state index is 10.6. The van der Waals surface area contributed by atoms with Crippen LogP contribution in [0, 0.1) is 38.2 Å². The van der Waals surface area contributed by atoms with E-state index < -0.39 is 41.8 Å². The van der Waals surface area contributed by atoms with Crippen LogP contribution in [0.4, 0.5) is 0 Å². The van der Waals surface area contributed by atoms with Crippen LogP contribution in [0.25, 0.3) is 0 Å². The molecule has 7 rings (SSSR count). The Bertz CT molecular complexity index is 3330. The van der Waals surface area contributed by atoms with Gasteiger partial charge in [0.2, 0.25) is 0 Å². The van der Waals surface area contributed by atoms with Gasteiger partial charge in [0.05, 0.1) is 84.4 Å². The first kappa shape index (κ1) is 68.6. The van der Waals surface area contributed by atoms with Crippen molar-refractivity contribution in [3.8, 4) is 64.6 Å². The van der Waals surface area contributed by atoms with Gasteiger partial charge in [-0.05, 0) is 145 Å². The molecule has 0 amide bonds. The van der Waals surface area contributed by atoms with Crippen molar-refractivity contribution in [2.24, 2.45) is 0 Å². The second kappa shape index (κ2) is 37.3. The largest absolute Gasteiger partial charge is 0.545 e. The number of carbonyl (C=O) groups excluding carboxylic acids is 7. The predicted molar refractivity (Wildman–Crippen MR) is 294 cm³/mol. The molecule has 7 aromatic carbocycles. The standard InChI is InChI=1S/C11H6O3.2C9H10O4.C9H10O3.C8H8O3.C8H8O2.C7H6O2.6H2/c1-2-3-8-14-10-6-4-9(5-7-10)11(12)13;1-12-7-4-3-6(9(10)11)5-8(7)13-2;1-12-7-5-3-4-6(9(10)11)8(7)13-2;1-6-3-7(9(10)11)5-8(4-6)12-2;1-11-7-4-2-6(3-5-7)8(9)10;1-6-2-4-7(5-3-6)8(9)10;8-7(9)6-4-2-1-3-5-6;;;;;;/h1,4-7H,(H,12,13);2*3-5H,1-2H3,(H,10,11);3-5H,1-2H3,(H,10,11);2-5H,1H3,(H,9,10);2-5H,1H3,(H,9,10);1-5H,(H,8,9);6*1H/p-7. The number of carboxylic acids is 7. The van der Waals surface area contributed by atoms with Gasteiger partial charge in [-0.3, -0.25) is 0 Å². The summed E-state index contributed by atoms with van der Waals surface area (Å²) >= 11 is 0. The van der Waals surface area contributed by atoms with Crippen LogP contribution in [0.1, 0.15) is 92.2 Å². The molecule has 0 fully saturated rings. The van der Waals surface area contributed by atoms with Gasteiger partial charge in [-0.2, -0.15) is 0 Å². The van der Waals surface area contributed by atoms with Crippen molar-refractivity contribution in [2.75, 3.05) is 42.7 Å². The van der Waals surface area contributed by atoms with Gasteiger partial charge < -0.3 is 102 Å². The Kier molecular flexibility index (Phi) is 31.2. The van der Waals surface area contributed by atoms with Crippen LogP contribution in [0.5, 0.6) is 40.2 Å². The van der Waals surface area contributed by atoms with Crippen LogP contribution in [0.2, 0.25) is 0 Å². The van der Waals surface area contributed by atoms with Crippen LogP contribution in [-0.4, -0.2) is 84.4 Å². The van der Waals surface area contributed by atoms with E-state index in [1.54, 1.807) is 67.6 Å². The Morgan fingerprint density at radius 2 is 0.805 bits per heavy atom. The van der Waals surface area contributed by atoms with Crippen molar-refractivity contribution in [3.05, 3.63) is 208 Å². The zero-order valence-corrected chi connectivity index (χ0v) is 45.2. The lowest BCUT2D eigenvalue weighted by Gasteiger charge is -2.12. The molecule has 0 unspecified atom stereocenters. The fraction of sp³-hybridized carbons (Fsp3) is 0.131. The Hall–Kier alpha value is -11.5. The maximum Gasteiger partial charge on any atom is 0.169 e. The molecule has 0 N–H and O–H groups in total. The fourth-order valence-electron chi connectivity index (χ4n) is 5.76. The van der Waals surface area contributed by atoms with Gasteiger partial charge in [0.25, 0.3) is 0 Å². The maximum absolute atomic E-state index is 10.6. The molecule has 0 saturated heterocycles. The second-order valence-corrected chi connectivity index (χ2v) is 15.3. The number of hydrogen-bond donors (Lipinski definition) is 0. The summed E-state index contributed by atoms with van der Waals surface area (Å²) in [6, 6.07) is 39.9. The molecule has 0 aromatic heterocycles. The Labute approximate surface area is 480 Å². The molecule has 21 heteroatoms. The highest BCUT2D eigenvalue weighted by atomic mass is 16.5. The number of aromatic carboxylic acids is 7. The van der Waals surface area contributed by atoms with Crippen LogP contribution >= 0.6 is 0 Å². The minimum atomic E-state index is -1.28. The normalized spacial score (nSPS) is 9.06. The number of rotatable bonds is 14. The van der Waals surface area contributed by atoms with Crippen molar-refractivity contribution >= 4 is 41.8 Å². The molecule has 0 radical (unpaired) electrons. The SMILES string of the molecule is C#CC#COc1ccc(C(=O)[O-])cc1.COc1cc(C)cc(C(=O)[O-])c1.COc1ccc(C(=O)[O-])cc1.COc1ccc(C(=O)[O-])cc1OC.COc1cccc(C(=O)[O-])c1OC.Cc1ccc(C(=O)[O-])cc1.O=C([O-])c1ccccc1.[HH].[HH].[HH].[HH].[HH].[HH]. The number of para-hydroxylation sites is 1. The van der Waals surface area contributed by atoms with E-state index in [2.05, 4.69) is 17.9 Å². The van der Waals surface area contributed by atoms with E-state index in [0.717, 1.165) is 11.1 Å². The lowest BCUT2D eigenvalue weighted by atomic mass is 10.1. The average Bonchev–Trinajstić information content (AvgIpc) is 3.53. The van der Waals surface area contributed by atoms with Crippen molar-refractivity contribution in [1.29, 1.82) is 0 Å². The molecule has 82 heavy (non-hydrogen) atoms. The Morgan fingerprint density at radius 1 is 0.366 bits per heavy atom. The van der Waals surface area contributed by atoms with Gasteiger partial charge in [0.1, 0.15) is 23.4 Å². The quantitative estimate of drug-likeness (QED) is 0.141. The van der Waals surface area contributed by atoms with E-state index in [-0.39, 0.29) is 53.3 Å². The summed E-state index contributed by atoms with van der Waals surface area (Å²) in [6.45, 7) is 3.70. The lowest BCUT2D eigenvalue weighted by Crippen LogP contribution is -2.23. The van der Waals surface area contributed by atoms with Gasteiger partial charge in [0, 0.05) is 31.2 Å². The lowest BCUT2D eigenvalue weighted by molar-refractivity contribution is -0.256. The Morgan fingerprint density at radius 3 is 1.21 bits per heavy atom.